The molecule has 1 unspecified atom stereocenters. The predicted molar refractivity (Wildman–Crippen MR) is 66.9 cm³/mol. The molecule has 0 aliphatic carbocycles. The molecule has 1 aromatic rings. The Kier molecular flexibility index (Phi) is 5.80. The summed E-state index contributed by atoms with van der Waals surface area (Å²) in [4.78, 5) is 12.7. The molecule has 0 aliphatic heterocycles. The van der Waals surface area contributed by atoms with Crippen molar-refractivity contribution in [2.45, 2.75) is 19.8 Å². The van der Waals surface area contributed by atoms with Gasteiger partial charge in [0.2, 0.25) is 5.91 Å². The molecule has 1 amide bonds. The molecule has 3 nitrogen and oxygen atoms in total. The van der Waals surface area contributed by atoms with Gasteiger partial charge in [-0.25, -0.2) is 0 Å². The summed E-state index contributed by atoms with van der Waals surface area (Å²) in [6.45, 7) is 2.39. The van der Waals surface area contributed by atoms with Gasteiger partial charge in [-0.1, -0.05) is 18.5 Å². The number of carbonyl (C=O) groups excluding carboxylic acids is 1. The Labute approximate surface area is 104 Å². The van der Waals surface area contributed by atoms with Crippen LogP contribution >= 0.6 is 22.9 Å². The van der Waals surface area contributed by atoms with Crippen LogP contribution in [0.5, 0.6) is 0 Å². The van der Waals surface area contributed by atoms with Crippen LogP contribution in [0, 0.1) is 5.92 Å². The SMILES string of the molecule is CCC(CO)C(=O)NCCc1ccc(Cl)s1. The maximum absolute atomic E-state index is 11.5. The van der Waals surface area contributed by atoms with E-state index in [4.69, 9.17) is 16.7 Å². The summed E-state index contributed by atoms with van der Waals surface area (Å²) in [5.74, 6) is -0.362. The van der Waals surface area contributed by atoms with Gasteiger partial charge in [-0.2, -0.15) is 0 Å². The number of thiophene rings is 1. The van der Waals surface area contributed by atoms with E-state index < -0.39 is 0 Å². The number of aliphatic hydroxyl groups excluding tert-OH is 1. The minimum atomic E-state index is -0.285. The second kappa shape index (κ2) is 6.89. The largest absolute Gasteiger partial charge is 0.396 e. The number of carbonyl (C=O) groups is 1. The molecule has 16 heavy (non-hydrogen) atoms. The summed E-state index contributed by atoms with van der Waals surface area (Å²) >= 11 is 7.32. The lowest BCUT2D eigenvalue weighted by Gasteiger charge is -2.11. The summed E-state index contributed by atoms with van der Waals surface area (Å²) in [6.07, 6.45) is 1.44. The Morgan fingerprint density at radius 1 is 1.62 bits per heavy atom. The second-order valence-corrected chi connectivity index (χ2v) is 5.33. The molecule has 1 heterocycles. The van der Waals surface area contributed by atoms with Gasteiger partial charge in [-0.15, -0.1) is 11.3 Å². The van der Waals surface area contributed by atoms with Gasteiger partial charge in [0.25, 0.3) is 0 Å². The molecule has 1 rings (SSSR count). The molecule has 0 saturated carbocycles. The van der Waals surface area contributed by atoms with E-state index >= 15 is 0 Å². The summed E-state index contributed by atoms with van der Waals surface area (Å²) in [6, 6.07) is 3.81. The van der Waals surface area contributed by atoms with Crippen molar-refractivity contribution in [3.8, 4) is 0 Å². The van der Waals surface area contributed by atoms with Gasteiger partial charge in [0.1, 0.15) is 0 Å². The van der Waals surface area contributed by atoms with Crippen molar-refractivity contribution >= 4 is 28.8 Å². The monoisotopic (exact) mass is 261 g/mol. The van der Waals surface area contributed by atoms with Crippen LogP contribution in [0.2, 0.25) is 4.34 Å². The van der Waals surface area contributed by atoms with E-state index in [1.54, 1.807) is 0 Å². The first-order valence-corrected chi connectivity index (χ1v) is 6.49. The fourth-order valence-electron chi connectivity index (χ4n) is 1.34. The molecule has 0 saturated heterocycles. The van der Waals surface area contributed by atoms with E-state index in [2.05, 4.69) is 5.32 Å². The number of hydrogen-bond acceptors (Lipinski definition) is 3. The van der Waals surface area contributed by atoms with E-state index in [1.165, 1.54) is 11.3 Å². The van der Waals surface area contributed by atoms with Gasteiger partial charge in [0, 0.05) is 11.4 Å². The topological polar surface area (TPSA) is 49.3 Å². The highest BCUT2D eigenvalue weighted by atomic mass is 35.5. The first kappa shape index (κ1) is 13.5. The molecule has 0 spiro atoms. The minimum Gasteiger partial charge on any atom is -0.396 e. The highest BCUT2D eigenvalue weighted by Crippen LogP contribution is 2.21. The zero-order chi connectivity index (χ0) is 12.0. The van der Waals surface area contributed by atoms with Crippen molar-refractivity contribution in [2.24, 2.45) is 5.92 Å². The fourth-order valence-corrected chi connectivity index (χ4v) is 2.42. The van der Waals surface area contributed by atoms with Crippen LogP contribution in [0.1, 0.15) is 18.2 Å². The highest BCUT2D eigenvalue weighted by Gasteiger charge is 2.14. The molecular formula is C11H16ClNO2S. The van der Waals surface area contributed by atoms with Gasteiger partial charge in [-0.05, 0) is 25.0 Å². The van der Waals surface area contributed by atoms with Crippen molar-refractivity contribution in [3.63, 3.8) is 0 Å². The van der Waals surface area contributed by atoms with Crippen molar-refractivity contribution < 1.29 is 9.90 Å². The third-order valence-corrected chi connectivity index (χ3v) is 3.67. The first-order chi connectivity index (χ1) is 7.67. The van der Waals surface area contributed by atoms with Crippen LogP contribution in [0.3, 0.4) is 0 Å². The molecule has 0 radical (unpaired) electrons. The number of aliphatic hydroxyl groups is 1. The Morgan fingerprint density at radius 3 is 2.88 bits per heavy atom. The van der Waals surface area contributed by atoms with Crippen molar-refractivity contribution in [1.29, 1.82) is 0 Å². The molecule has 5 heteroatoms. The van der Waals surface area contributed by atoms with Crippen LogP contribution in [-0.4, -0.2) is 24.2 Å². The van der Waals surface area contributed by atoms with E-state index in [9.17, 15) is 4.79 Å². The maximum atomic E-state index is 11.5. The predicted octanol–water partition coefficient (Wildman–Crippen LogP) is 2.08. The van der Waals surface area contributed by atoms with Crippen LogP contribution in [0.15, 0.2) is 12.1 Å². The number of nitrogens with one attached hydrogen (secondary N) is 1. The third kappa shape index (κ3) is 4.12. The zero-order valence-electron chi connectivity index (χ0n) is 9.20. The van der Waals surface area contributed by atoms with Crippen molar-refractivity contribution in [2.75, 3.05) is 13.2 Å². The lowest BCUT2D eigenvalue weighted by atomic mass is 10.1. The zero-order valence-corrected chi connectivity index (χ0v) is 10.8. The van der Waals surface area contributed by atoms with E-state index in [0.717, 1.165) is 15.6 Å². The molecule has 0 bridgehead atoms. The summed E-state index contributed by atoms with van der Waals surface area (Å²) in [7, 11) is 0. The van der Waals surface area contributed by atoms with Crippen LogP contribution in [-0.2, 0) is 11.2 Å². The average molecular weight is 262 g/mol. The molecule has 2 N–H and O–H groups in total. The van der Waals surface area contributed by atoms with E-state index in [1.807, 2.05) is 19.1 Å². The summed E-state index contributed by atoms with van der Waals surface area (Å²) in [5.41, 5.74) is 0. The number of rotatable bonds is 6. The van der Waals surface area contributed by atoms with Gasteiger partial charge >= 0.3 is 0 Å². The van der Waals surface area contributed by atoms with Crippen LogP contribution < -0.4 is 5.32 Å². The van der Waals surface area contributed by atoms with Crippen molar-refractivity contribution in [3.05, 3.63) is 21.3 Å². The number of halogens is 1. The van der Waals surface area contributed by atoms with Crippen LogP contribution in [0.4, 0.5) is 0 Å². The minimum absolute atomic E-state index is 0.0762. The standard InChI is InChI=1S/C11H16ClNO2S/c1-2-8(7-14)11(15)13-6-5-9-3-4-10(12)16-9/h3-4,8,14H,2,5-7H2,1H3,(H,13,15). The smallest absolute Gasteiger partial charge is 0.225 e. The van der Waals surface area contributed by atoms with Crippen LogP contribution in [0.25, 0.3) is 0 Å². The molecule has 90 valence electrons. The molecule has 1 atom stereocenters. The van der Waals surface area contributed by atoms with Gasteiger partial charge in [0.15, 0.2) is 0 Å². The molecule has 0 fully saturated rings. The number of amides is 1. The fraction of sp³-hybridized carbons (Fsp3) is 0.545. The maximum Gasteiger partial charge on any atom is 0.225 e. The van der Waals surface area contributed by atoms with Gasteiger partial charge < -0.3 is 10.4 Å². The second-order valence-electron chi connectivity index (χ2n) is 3.53. The Morgan fingerprint density at radius 2 is 2.38 bits per heavy atom. The van der Waals surface area contributed by atoms with Gasteiger partial charge in [0.05, 0.1) is 16.9 Å². The van der Waals surface area contributed by atoms with E-state index in [0.29, 0.717) is 13.0 Å². The quantitative estimate of drug-likeness (QED) is 0.824. The molecular weight excluding hydrogens is 246 g/mol. The molecule has 0 aromatic carbocycles. The first-order valence-electron chi connectivity index (χ1n) is 5.30. The average Bonchev–Trinajstić information content (AvgIpc) is 2.66. The lowest BCUT2D eigenvalue weighted by molar-refractivity contribution is -0.126. The normalized spacial score (nSPS) is 12.4. The van der Waals surface area contributed by atoms with Crippen molar-refractivity contribution in [1.82, 2.24) is 5.32 Å². The third-order valence-electron chi connectivity index (χ3n) is 2.38. The highest BCUT2D eigenvalue weighted by molar-refractivity contribution is 7.16. The Bertz CT molecular complexity index is 336. The summed E-state index contributed by atoms with van der Waals surface area (Å²) < 4.78 is 0.767. The van der Waals surface area contributed by atoms with E-state index in [-0.39, 0.29) is 18.4 Å². The Hall–Kier alpha value is -0.580. The molecule has 0 aliphatic rings. The Balaban J connectivity index is 2.27. The lowest BCUT2D eigenvalue weighted by Crippen LogP contribution is -2.33. The van der Waals surface area contributed by atoms with Gasteiger partial charge in [-0.3, -0.25) is 4.79 Å². The number of hydrogen-bond donors (Lipinski definition) is 2. The molecule has 1 aromatic heterocycles. The summed E-state index contributed by atoms with van der Waals surface area (Å²) in [5, 5.41) is 11.7.